The number of hydrogen-bond acceptors (Lipinski definition) is 4. The molecule has 1 aliphatic heterocycles. The van der Waals surface area contributed by atoms with Gasteiger partial charge in [0, 0.05) is 18.3 Å². The third-order valence-corrected chi connectivity index (χ3v) is 3.67. The lowest BCUT2D eigenvalue weighted by atomic mass is 10.3. The van der Waals surface area contributed by atoms with Crippen LogP contribution in [0, 0.1) is 6.92 Å². The number of carbonyl (C=O) groups is 2. The first kappa shape index (κ1) is 13.8. The van der Waals surface area contributed by atoms with E-state index in [1.807, 2.05) is 19.2 Å². The van der Waals surface area contributed by atoms with Crippen molar-refractivity contribution in [2.75, 3.05) is 13.1 Å². The number of urea groups is 1. The summed E-state index contributed by atoms with van der Waals surface area (Å²) in [6.45, 7) is 5.52. The summed E-state index contributed by atoms with van der Waals surface area (Å²) in [5.74, 6) is -0.109. The second-order valence-corrected chi connectivity index (χ2v) is 5.56. The third-order valence-electron chi connectivity index (χ3n) is 2.85. The van der Waals surface area contributed by atoms with E-state index in [2.05, 4.69) is 10.4 Å². The highest BCUT2D eigenvalue weighted by atomic mass is 32.1. The SMILES string of the molecule is CCCC(=O)NN1CCN(Cc2csc(C)n2)C1=O. The van der Waals surface area contributed by atoms with Crippen molar-refractivity contribution >= 4 is 23.3 Å². The summed E-state index contributed by atoms with van der Waals surface area (Å²) in [4.78, 5) is 29.6. The molecule has 1 aromatic heterocycles. The molecule has 1 aromatic rings. The van der Waals surface area contributed by atoms with Gasteiger partial charge in [-0.3, -0.25) is 10.2 Å². The lowest BCUT2D eigenvalue weighted by Gasteiger charge is -2.18. The average Bonchev–Trinajstić information content (AvgIpc) is 2.90. The fourth-order valence-corrected chi connectivity index (χ4v) is 2.55. The van der Waals surface area contributed by atoms with E-state index in [0.29, 0.717) is 26.1 Å². The molecule has 6 nitrogen and oxygen atoms in total. The molecular weight excluding hydrogens is 264 g/mol. The molecule has 0 unspecified atom stereocenters. The maximum atomic E-state index is 12.1. The van der Waals surface area contributed by atoms with Crippen molar-refractivity contribution in [3.63, 3.8) is 0 Å². The van der Waals surface area contributed by atoms with Crippen molar-refractivity contribution in [2.24, 2.45) is 0 Å². The number of nitrogens with one attached hydrogen (secondary N) is 1. The van der Waals surface area contributed by atoms with E-state index in [1.165, 1.54) is 5.01 Å². The zero-order chi connectivity index (χ0) is 13.8. The van der Waals surface area contributed by atoms with Crippen LogP contribution in [0.25, 0.3) is 0 Å². The molecule has 0 aliphatic carbocycles. The lowest BCUT2D eigenvalue weighted by molar-refractivity contribution is -0.124. The number of carbonyl (C=O) groups excluding carboxylic acids is 2. The normalized spacial score (nSPS) is 15.2. The Bertz CT molecular complexity index is 474. The second kappa shape index (κ2) is 6.01. The molecule has 0 atom stereocenters. The highest BCUT2D eigenvalue weighted by Gasteiger charge is 2.29. The van der Waals surface area contributed by atoms with E-state index in [9.17, 15) is 9.59 Å². The van der Waals surface area contributed by atoms with Crippen molar-refractivity contribution in [2.45, 2.75) is 33.2 Å². The van der Waals surface area contributed by atoms with Gasteiger partial charge in [-0.2, -0.15) is 0 Å². The van der Waals surface area contributed by atoms with Crippen LogP contribution in [0.3, 0.4) is 0 Å². The van der Waals surface area contributed by atoms with Crippen LogP contribution in [0.1, 0.15) is 30.5 Å². The predicted octanol–water partition coefficient (Wildman–Crippen LogP) is 1.52. The summed E-state index contributed by atoms with van der Waals surface area (Å²) in [5.41, 5.74) is 3.54. The van der Waals surface area contributed by atoms with Crippen molar-refractivity contribution in [3.05, 3.63) is 16.1 Å². The first-order valence-corrected chi connectivity index (χ1v) is 7.25. The summed E-state index contributed by atoms with van der Waals surface area (Å²) in [7, 11) is 0. The van der Waals surface area contributed by atoms with E-state index in [4.69, 9.17) is 0 Å². The first-order valence-electron chi connectivity index (χ1n) is 6.37. The molecular formula is C12H18N4O2S. The van der Waals surface area contributed by atoms with Crippen molar-refractivity contribution in [3.8, 4) is 0 Å². The Morgan fingerprint density at radius 1 is 1.53 bits per heavy atom. The molecule has 1 saturated heterocycles. The maximum Gasteiger partial charge on any atom is 0.339 e. The molecule has 1 aliphatic rings. The molecule has 0 saturated carbocycles. The van der Waals surface area contributed by atoms with E-state index in [-0.39, 0.29) is 11.9 Å². The molecule has 0 spiro atoms. The van der Waals surface area contributed by atoms with Gasteiger partial charge in [0.25, 0.3) is 0 Å². The molecule has 1 N–H and O–H groups in total. The Kier molecular flexibility index (Phi) is 4.36. The van der Waals surface area contributed by atoms with E-state index in [0.717, 1.165) is 17.1 Å². The van der Waals surface area contributed by atoms with Crippen LogP contribution in [0.15, 0.2) is 5.38 Å². The highest BCUT2D eigenvalue weighted by molar-refractivity contribution is 7.09. The number of nitrogens with zero attached hydrogens (tertiary/aromatic N) is 3. The molecule has 2 rings (SSSR count). The maximum absolute atomic E-state index is 12.1. The van der Waals surface area contributed by atoms with Gasteiger partial charge in [0.05, 0.1) is 23.8 Å². The minimum atomic E-state index is -0.157. The molecule has 2 heterocycles. The summed E-state index contributed by atoms with van der Waals surface area (Å²) in [6, 6.07) is -0.157. The number of rotatable bonds is 5. The number of aryl methyl sites for hydroxylation is 1. The Morgan fingerprint density at radius 3 is 2.95 bits per heavy atom. The minimum Gasteiger partial charge on any atom is -0.315 e. The van der Waals surface area contributed by atoms with Crippen LogP contribution in [-0.4, -0.2) is 39.9 Å². The topological polar surface area (TPSA) is 65.5 Å². The van der Waals surface area contributed by atoms with Gasteiger partial charge >= 0.3 is 6.03 Å². The van der Waals surface area contributed by atoms with Crippen LogP contribution in [0.2, 0.25) is 0 Å². The second-order valence-electron chi connectivity index (χ2n) is 4.50. The molecule has 104 valence electrons. The van der Waals surface area contributed by atoms with Crippen molar-refractivity contribution < 1.29 is 9.59 Å². The number of thiazole rings is 1. The van der Waals surface area contributed by atoms with Gasteiger partial charge in [0.15, 0.2) is 0 Å². The summed E-state index contributed by atoms with van der Waals surface area (Å²) < 4.78 is 0. The fourth-order valence-electron chi connectivity index (χ4n) is 1.94. The van der Waals surface area contributed by atoms with Crippen LogP contribution < -0.4 is 5.43 Å². The number of hydrogen-bond donors (Lipinski definition) is 1. The zero-order valence-electron chi connectivity index (χ0n) is 11.2. The molecule has 0 aromatic carbocycles. The van der Waals surface area contributed by atoms with Gasteiger partial charge in [-0.1, -0.05) is 6.92 Å². The predicted molar refractivity (Wildman–Crippen MR) is 72.4 cm³/mol. The van der Waals surface area contributed by atoms with E-state index >= 15 is 0 Å². The fraction of sp³-hybridized carbons (Fsp3) is 0.583. The molecule has 19 heavy (non-hydrogen) atoms. The van der Waals surface area contributed by atoms with Crippen LogP contribution >= 0.6 is 11.3 Å². The largest absolute Gasteiger partial charge is 0.339 e. The summed E-state index contributed by atoms with van der Waals surface area (Å²) in [5, 5.41) is 4.34. The average molecular weight is 282 g/mol. The van der Waals surface area contributed by atoms with E-state index < -0.39 is 0 Å². The quantitative estimate of drug-likeness (QED) is 0.890. The van der Waals surface area contributed by atoms with Gasteiger partial charge in [-0.25, -0.2) is 14.8 Å². The number of amides is 3. The highest BCUT2D eigenvalue weighted by Crippen LogP contribution is 2.14. The van der Waals surface area contributed by atoms with Gasteiger partial charge in [0.2, 0.25) is 5.91 Å². The Morgan fingerprint density at radius 2 is 2.32 bits per heavy atom. The van der Waals surface area contributed by atoms with Crippen molar-refractivity contribution in [1.82, 2.24) is 20.3 Å². The monoisotopic (exact) mass is 282 g/mol. The smallest absolute Gasteiger partial charge is 0.315 e. The Hall–Kier alpha value is -1.63. The Balaban J connectivity index is 1.89. The standard InChI is InChI=1S/C12H18N4O2S/c1-3-4-11(17)14-16-6-5-15(12(16)18)7-10-8-19-9(2)13-10/h8H,3-7H2,1-2H3,(H,14,17). The van der Waals surface area contributed by atoms with Gasteiger partial charge in [-0.05, 0) is 13.3 Å². The van der Waals surface area contributed by atoms with Gasteiger partial charge < -0.3 is 4.90 Å². The molecule has 0 bridgehead atoms. The van der Waals surface area contributed by atoms with Crippen LogP contribution in [0.5, 0.6) is 0 Å². The van der Waals surface area contributed by atoms with Crippen LogP contribution in [-0.2, 0) is 11.3 Å². The molecule has 0 radical (unpaired) electrons. The molecule has 7 heteroatoms. The Labute approximate surface area is 116 Å². The van der Waals surface area contributed by atoms with Gasteiger partial charge in [-0.15, -0.1) is 11.3 Å². The van der Waals surface area contributed by atoms with Crippen molar-refractivity contribution in [1.29, 1.82) is 0 Å². The molecule has 3 amide bonds. The molecule has 1 fully saturated rings. The third kappa shape index (κ3) is 3.44. The van der Waals surface area contributed by atoms with Gasteiger partial charge in [0.1, 0.15) is 0 Å². The zero-order valence-corrected chi connectivity index (χ0v) is 12.0. The first-order chi connectivity index (χ1) is 9.10. The number of hydrazine groups is 1. The lowest BCUT2D eigenvalue weighted by Crippen LogP contribution is -2.44. The summed E-state index contributed by atoms with van der Waals surface area (Å²) in [6.07, 6.45) is 1.21. The minimum absolute atomic E-state index is 0.109. The van der Waals surface area contributed by atoms with Crippen LogP contribution in [0.4, 0.5) is 4.79 Å². The van der Waals surface area contributed by atoms with E-state index in [1.54, 1.807) is 16.2 Å². The number of aromatic nitrogens is 1. The summed E-state index contributed by atoms with van der Waals surface area (Å²) >= 11 is 1.57.